The van der Waals surface area contributed by atoms with Gasteiger partial charge in [0.1, 0.15) is 13.2 Å². The molecule has 0 aliphatic rings. The largest absolute Gasteiger partial charge is 0.462 e. The Kier molecular flexibility index (Phi) is 50.9. The van der Waals surface area contributed by atoms with Gasteiger partial charge < -0.3 is 14.2 Å². The predicted octanol–water partition coefficient (Wildman–Crippen LogP) is 18.2. The van der Waals surface area contributed by atoms with Gasteiger partial charge >= 0.3 is 17.9 Å². The highest BCUT2D eigenvalue weighted by Crippen LogP contribution is 2.15. The molecule has 0 aliphatic carbocycles. The summed E-state index contributed by atoms with van der Waals surface area (Å²) in [5.74, 6) is -0.919. The van der Waals surface area contributed by atoms with E-state index in [9.17, 15) is 14.4 Å². The van der Waals surface area contributed by atoms with E-state index in [4.69, 9.17) is 14.2 Å². The second-order valence-corrected chi connectivity index (χ2v) is 18.1. The molecule has 0 saturated carbocycles. The maximum absolute atomic E-state index is 12.8. The van der Waals surface area contributed by atoms with Crippen molar-refractivity contribution in [3.8, 4) is 0 Å². The van der Waals surface area contributed by atoms with Crippen LogP contribution >= 0.6 is 0 Å². The standard InChI is InChI=1S/C59H102O6/c1-4-7-10-13-16-19-22-24-26-28-29-31-33-35-38-41-44-47-50-53-59(62)65-56(54-63-57(60)51-48-45-42-39-36-21-18-15-12-9-6-3)55-64-58(61)52-49-46-43-40-37-34-32-30-27-25-23-20-17-14-11-8-5-2/h8,11,15,17-18,20,24-27,32,34,56H,4-7,9-10,12-14,16,19,21-23,28-31,33,35-55H2,1-3H3/b11-8-,18-15-,20-17-,26-24-,27-25-,34-32-/t56-/m0/s1. The smallest absolute Gasteiger partial charge is 0.306 e. The van der Waals surface area contributed by atoms with Crippen molar-refractivity contribution in [1.82, 2.24) is 0 Å². The first-order chi connectivity index (χ1) is 32.0. The Morgan fingerprint density at radius 2 is 0.615 bits per heavy atom. The quantitative estimate of drug-likeness (QED) is 0.0262. The Bertz CT molecular complexity index is 1230. The minimum absolute atomic E-state index is 0.0883. The average molecular weight is 907 g/mol. The van der Waals surface area contributed by atoms with E-state index in [0.717, 1.165) is 103 Å². The van der Waals surface area contributed by atoms with Gasteiger partial charge in [0, 0.05) is 19.3 Å². The summed E-state index contributed by atoms with van der Waals surface area (Å²) in [6.45, 7) is 6.46. The van der Waals surface area contributed by atoms with Gasteiger partial charge in [0.2, 0.25) is 0 Å². The highest BCUT2D eigenvalue weighted by molar-refractivity contribution is 5.71. The molecule has 6 heteroatoms. The molecule has 0 aromatic heterocycles. The van der Waals surface area contributed by atoms with Gasteiger partial charge in [0.15, 0.2) is 6.10 Å². The van der Waals surface area contributed by atoms with Crippen molar-refractivity contribution in [2.75, 3.05) is 13.2 Å². The number of hydrogen-bond donors (Lipinski definition) is 0. The van der Waals surface area contributed by atoms with Crippen LogP contribution in [-0.2, 0) is 28.6 Å². The molecule has 0 fully saturated rings. The van der Waals surface area contributed by atoms with E-state index < -0.39 is 6.10 Å². The van der Waals surface area contributed by atoms with Crippen molar-refractivity contribution in [3.05, 3.63) is 72.9 Å². The van der Waals surface area contributed by atoms with E-state index in [-0.39, 0.29) is 31.1 Å². The number of ether oxygens (including phenoxy) is 3. The molecule has 0 bridgehead atoms. The van der Waals surface area contributed by atoms with Crippen molar-refractivity contribution in [2.45, 2.75) is 271 Å². The molecule has 0 saturated heterocycles. The maximum atomic E-state index is 12.8. The van der Waals surface area contributed by atoms with Gasteiger partial charge in [-0.05, 0) is 103 Å². The van der Waals surface area contributed by atoms with Crippen LogP contribution < -0.4 is 0 Å². The number of esters is 3. The van der Waals surface area contributed by atoms with E-state index >= 15 is 0 Å². The molecule has 374 valence electrons. The third-order valence-corrected chi connectivity index (χ3v) is 11.7. The lowest BCUT2D eigenvalue weighted by Gasteiger charge is -2.18. The fraction of sp³-hybridized carbons (Fsp3) is 0.746. The average Bonchev–Trinajstić information content (AvgIpc) is 3.30. The SMILES string of the molecule is CC/C=C\C/C=C\C/C=C\C/C=C\CCCCCCC(=O)OC[C@H](COC(=O)CCCCCCC/C=C\CCCC)OC(=O)CCCCCCCCCCC/C=C\CCCCCCCC. The minimum atomic E-state index is -0.789. The molecule has 0 heterocycles. The molecular formula is C59H102O6. The summed E-state index contributed by atoms with van der Waals surface area (Å²) >= 11 is 0. The monoisotopic (exact) mass is 907 g/mol. The molecule has 0 N–H and O–H groups in total. The van der Waals surface area contributed by atoms with Gasteiger partial charge in [0.05, 0.1) is 0 Å². The van der Waals surface area contributed by atoms with Crippen LogP contribution in [0.2, 0.25) is 0 Å². The fourth-order valence-electron chi connectivity index (χ4n) is 7.53. The number of unbranched alkanes of at least 4 members (excludes halogenated alkanes) is 26. The Morgan fingerprint density at radius 3 is 1.00 bits per heavy atom. The Labute approximate surface area is 402 Å². The van der Waals surface area contributed by atoms with E-state index in [1.54, 1.807) is 0 Å². The Balaban J connectivity index is 4.38. The van der Waals surface area contributed by atoms with Gasteiger partial charge in [-0.1, -0.05) is 216 Å². The van der Waals surface area contributed by atoms with Crippen molar-refractivity contribution >= 4 is 17.9 Å². The van der Waals surface area contributed by atoms with Crippen molar-refractivity contribution in [2.24, 2.45) is 0 Å². The third kappa shape index (κ3) is 51.7. The lowest BCUT2D eigenvalue weighted by atomic mass is 10.1. The Morgan fingerprint density at radius 1 is 0.323 bits per heavy atom. The van der Waals surface area contributed by atoms with Gasteiger partial charge in [-0.3, -0.25) is 14.4 Å². The molecule has 65 heavy (non-hydrogen) atoms. The molecule has 6 nitrogen and oxygen atoms in total. The van der Waals surface area contributed by atoms with Crippen LogP contribution in [0.25, 0.3) is 0 Å². The first-order valence-corrected chi connectivity index (χ1v) is 27.4. The van der Waals surface area contributed by atoms with Gasteiger partial charge in [-0.2, -0.15) is 0 Å². The first kappa shape index (κ1) is 61.9. The molecule has 0 amide bonds. The highest BCUT2D eigenvalue weighted by atomic mass is 16.6. The van der Waals surface area contributed by atoms with E-state index in [1.165, 1.54) is 122 Å². The van der Waals surface area contributed by atoms with Gasteiger partial charge in [-0.15, -0.1) is 0 Å². The van der Waals surface area contributed by atoms with E-state index in [0.29, 0.717) is 19.3 Å². The number of carbonyl (C=O) groups excluding carboxylic acids is 3. The van der Waals surface area contributed by atoms with Crippen LogP contribution in [0.5, 0.6) is 0 Å². The molecule has 0 radical (unpaired) electrons. The lowest BCUT2D eigenvalue weighted by Crippen LogP contribution is -2.30. The summed E-state index contributed by atoms with van der Waals surface area (Å²) in [5, 5.41) is 0. The van der Waals surface area contributed by atoms with Crippen molar-refractivity contribution in [1.29, 1.82) is 0 Å². The fourth-order valence-corrected chi connectivity index (χ4v) is 7.53. The molecule has 0 aromatic rings. The molecule has 0 spiro atoms. The van der Waals surface area contributed by atoms with Crippen molar-refractivity contribution in [3.63, 3.8) is 0 Å². The van der Waals surface area contributed by atoms with Crippen LogP contribution in [-0.4, -0.2) is 37.2 Å². The van der Waals surface area contributed by atoms with Crippen molar-refractivity contribution < 1.29 is 28.6 Å². The zero-order chi connectivity index (χ0) is 47.2. The minimum Gasteiger partial charge on any atom is -0.462 e. The molecule has 0 aromatic carbocycles. The normalized spacial score (nSPS) is 12.6. The Hall–Kier alpha value is -3.15. The van der Waals surface area contributed by atoms with Crippen LogP contribution in [0.4, 0.5) is 0 Å². The summed E-state index contributed by atoms with van der Waals surface area (Å²) < 4.78 is 16.8. The van der Waals surface area contributed by atoms with Crippen LogP contribution in [0, 0.1) is 0 Å². The predicted molar refractivity (Wildman–Crippen MR) is 279 cm³/mol. The first-order valence-electron chi connectivity index (χ1n) is 27.4. The van der Waals surface area contributed by atoms with E-state index in [2.05, 4.69) is 93.7 Å². The molecule has 0 unspecified atom stereocenters. The molecule has 0 aliphatic heterocycles. The molecular weight excluding hydrogens is 805 g/mol. The summed E-state index contributed by atoms with van der Waals surface area (Å²) in [4.78, 5) is 38.0. The molecule has 0 rings (SSSR count). The summed E-state index contributed by atoms with van der Waals surface area (Å²) in [5.41, 5.74) is 0. The number of carbonyl (C=O) groups is 3. The zero-order valence-electron chi connectivity index (χ0n) is 42.7. The van der Waals surface area contributed by atoms with Crippen LogP contribution in [0.15, 0.2) is 72.9 Å². The second-order valence-electron chi connectivity index (χ2n) is 18.1. The number of hydrogen-bond acceptors (Lipinski definition) is 6. The van der Waals surface area contributed by atoms with Gasteiger partial charge in [0.25, 0.3) is 0 Å². The second kappa shape index (κ2) is 53.5. The van der Waals surface area contributed by atoms with Crippen LogP contribution in [0.3, 0.4) is 0 Å². The third-order valence-electron chi connectivity index (χ3n) is 11.7. The zero-order valence-corrected chi connectivity index (χ0v) is 42.7. The van der Waals surface area contributed by atoms with Gasteiger partial charge in [-0.25, -0.2) is 0 Å². The summed E-state index contributed by atoms with van der Waals surface area (Å²) in [6, 6.07) is 0. The summed E-state index contributed by atoms with van der Waals surface area (Å²) in [7, 11) is 0. The number of allylic oxidation sites excluding steroid dienone is 12. The van der Waals surface area contributed by atoms with E-state index in [1.807, 2.05) is 0 Å². The van der Waals surface area contributed by atoms with Crippen LogP contribution in [0.1, 0.15) is 265 Å². The highest BCUT2D eigenvalue weighted by Gasteiger charge is 2.19. The molecule has 1 atom stereocenters. The topological polar surface area (TPSA) is 78.9 Å². The summed E-state index contributed by atoms with van der Waals surface area (Å²) in [6.07, 6.45) is 67.5. The maximum Gasteiger partial charge on any atom is 0.306 e. The lowest BCUT2D eigenvalue weighted by molar-refractivity contribution is -0.167. The number of rotatable bonds is 49.